The van der Waals surface area contributed by atoms with E-state index in [0.29, 0.717) is 4.68 Å². The highest BCUT2D eigenvalue weighted by Crippen LogP contribution is 2.56. The molecule has 2 heterocycles. The molecule has 1 saturated heterocycles. The molecule has 0 radical (unpaired) electrons. The van der Waals surface area contributed by atoms with Gasteiger partial charge in [-0.2, -0.15) is 18.3 Å². The zero-order valence-electron chi connectivity index (χ0n) is 17.9. The molecular weight excluding hydrogens is 489 g/mol. The molecule has 1 aliphatic heterocycles. The Hall–Kier alpha value is -2.67. The van der Waals surface area contributed by atoms with Crippen LogP contribution >= 0.6 is 0 Å². The summed E-state index contributed by atoms with van der Waals surface area (Å²) in [7, 11) is 0. The van der Waals surface area contributed by atoms with Gasteiger partial charge in [-0.05, 0) is 12.1 Å². The van der Waals surface area contributed by atoms with Gasteiger partial charge in [-0.1, -0.05) is 18.2 Å². The summed E-state index contributed by atoms with van der Waals surface area (Å²) < 4.78 is 117. The zero-order valence-corrected chi connectivity index (χ0v) is 17.9. The molecule has 6 nitrogen and oxygen atoms in total. The maximum absolute atomic E-state index is 15.8. The van der Waals surface area contributed by atoms with E-state index in [1.807, 2.05) is 0 Å². The number of carbonyl (C=O) groups excluding carboxylic acids is 1. The Labute approximate surface area is 193 Å². The molecule has 1 saturated carbocycles. The van der Waals surface area contributed by atoms with Gasteiger partial charge in [0.05, 0.1) is 36.1 Å². The van der Waals surface area contributed by atoms with Gasteiger partial charge in [0.1, 0.15) is 12.3 Å². The average Bonchev–Trinajstić information content (AvgIpc) is 3.51. The SMILES string of the molecule is O=C(O[C@H]1c2c(c(C(F)(F)F)nn2[C@@H]2C[C@@H](F)[C@@H](F)[C@@H](F)C2)C2(OCCO2)[C@@H]1F)c1ccccc1. The molecule has 35 heavy (non-hydrogen) atoms. The predicted octanol–water partition coefficient (Wildman–Crippen LogP) is 4.70. The Kier molecular flexibility index (Phi) is 5.82. The normalized spacial score (nSPS) is 32.1. The molecule has 190 valence electrons. The molecule has 0 bridgehead atoms. The van der Waals surface area contributed by atoms with E-state index in [1.54, 1.807) is 6.07 Å². The Balaban J connectivity index is 1.65. The van der Waals surface area contributed by atoms with Gasteiger partial charge in [0, 0.05) is 12.8 Å². The topological polar surface area (TPSA) is 62.6 Å². The fourth-order valence-corrected chi connectivity index (χ4v) is 4.92. The van der Waals surface area contributed by atoms with Crippen LogP contribution in [0.15, 0.2) is 30.3 Å². The van der Waals surface area contributed by atoms with Gasteiger partial charge in [0.2, 0.25) is 12.0 Å². The molecule has 5 rings (SSSR count). The van der Waals surface area contributed by atoms with Crippen LogP contribution in [0.1, 0.15) is 52.3 Å². The number of rotatable bonds is 3. The van der Waals surface area contributed by atoms with Crippen molar-refractivity contribution < 1.29 is 49.7 Å². The molecule has 0 N–H and O–H groups in total. The second-order valence-corrected chi connectivity index (χ2v) is 8.61. The van der Waals surface area contributed by atoms with Crippen LogP contribution in [0.5, 0.6) is 0 Å². The van der Waals surface area contributed by atoms with Crippen LogP contribution in [0, 0.1) is 0 Å². The molecule has 13 heteroatoms. The molecule has 2 fully saturated rings. The van der Waals surface area contributed by atoms with E-state index < -0.39 is 84.6 Å². The van der Waals surface area contributed by atoms with Crippen LogP contribution in [-0.4, -0.2) is 53.7 Å². The Bertz CT molecular complexity index is 1090. The van der Waals surface area contributed by atoms with Crippen LogP contribution in [0.2, 0.25) is 0 Å². The molecule has 1 spiro atoms. The van der Waals surface area contributed by atoms with E-state index in [2.05, 4.69) is 5.10 Å². The summed E-state index contributed by atoms with van der Waals surface area (Å²) in [5.41, 5.74) is -3.04. The molecule has 2 aliphatic carbocycles. The van der Waals surface area contributed by atoms with E-state index >= 15 is 4.39 Å². The van der Waals surface area contributed by atoms with Crippen LogP contribution in [0.25, 0.3) is 0 Å². The number of esters is 1. The van der Waals surface area contributed by atoms with Crippen molar-refractivity contribution in [2.24, 2.45) is 0 Å². The summed E-state index contributed by atoms with van der Waals surface area (Å²) in [6.45, 7) is -0.512. The molecule has 2 aromatic rings. The molecule has 0 amide bonds. The first-order chi connectivity index (χ1) is 16.5. The lowest BCUT2D eigenvalue weighted by Gasteiger charge is -2.32. The van der Waals surface area contributed by atoms with Gasteiger partial charge in [0.15, 0.2) is 18.0 Å². The standard InChI is InChI=1S/C22H19F7N2O4/c23-12-8-11(9-13(24)15(12)25)31-16-14(19(30-31)22(27,28)29)21(33-6-7-34-21)18(26)17(16)35-20(32)10-4-2-1-3-5-10/h1-5,11-13,15,17-18H,6-9H2/t11-,12-,13+,15-,17-,18+/m0/s1. The Morgan fingerprint density at radius 2 is 1.63 bits per heavy atom. The number of nitrogens with zero attached hydrogens (tertiary/aromatic N) is 2. The first kappa shape index (κ1) is 24.0. The highest BCUT2D eigenvalue weighted by Gasteiger charge is 2.65. The Morgan fingerprint density at radius 1 is 1.03 bits per heavy atom. The highest BCUT2D eigenvalue weighted by atomic mass is 19.4. The Morgan fingerprint density at radius 3 is 2.20 bits per heavy atom. The van der Waals surface area contributed by atoms with Crippen molar-refractivity contribution in [1.82, 2.24) is 9.78 Å². The van der Waals surface area contributed by atoms with Crippen molar-refractivity contribution in [1.29, 1.82) is 0 Å². The van der Waals surface area contributed by atoms with Crippen LogP contribution in [-0.2, 0) is 26.2 Å². The molecule has 1 aromatic carbocycles. The van der Waals surface area contributed by atoms with Gasteiger partial charge in [-0.15, -0.1) is 0 Å². The minimum Gasteiger partial charge on any atom is -0.449 e. The monoisotopic (exact) mass is 508 g/mol. The molecule has 6 atom stereocenters. The van der Waals surface area contributed by atoms with Crippen LogP contribution in [0.3, 0.4) is 0 Å². The van der Waals surface area contributed by atoms with Gasteiger partial charge in [0.25, 0.3) is 0 Å². The third kappa shape index (κ3) is 3.79. The summed E-state index contributed by atoms with van der Waals surface area (Å²) in [5, 5.41) is 3.52. The first-order valence-corrected chi connectivity index (χ1v) is 10.8. The van der Waals surface area contributed by atoms with Crippen molar-refractivity contribution >= 4 is 5.97 Å². The van der Waals surface area contributed by atoms with E-state index in [1.165, 1.54) is 24.3 Å². The first-order valence-electron chi connectivity index (χ1n) is 10.8. The second-order valence-electron chi connectivity index (χ2n) is 8.61. The van der Waals surface area contributed by atoms with Crippen molar-refractivity contribution in [3.05, 3.63) is 52.8 Å². The van der Waals surface area contributed by atoms with Crippen LogP contribution < -0.4 is 0 Å². The lowest BCUT2D eigenvalue weighted by atomic mass is 9.90. The average molecular weight is 508 g/mol. The number of benzene rings is 1. The number of hydrogen-bond acceptors (Lipinski definition) is 5. The third-order valence-corrected chi connectivity index (χ3v) is 6.45. The van der Waals surface area contributed by atoms with Crippen molar-refractivity contribution in [3.63, 3.8) is 0 Å². The number of fused-ring (bicyclic) bond motifs is 2. The largest absolute Gasteiger partial charge is 0.449 e. The third-order valence-electron chi connectivity index (χ3n) is 6.45. The van der Waals surface area contributed by atoms with Crippen LogP contribution in [0.4, 0.5) is 30.7 Å². The van der Waals surface area contributed by atoms with Gasteiger partial charge in [-0.3, -0.25) is 4.68 Å². The molecule has 0 unspecified atom stereocenters. The van der Waals surface area contributed by atoms with E-state index in [0.717, 1.165) is 0 Å². The van der Waals surface area contributed by atoms with Crippen molar-refractivity contribution in [2.75, 3.05) is 13.2 Å². The van der Waals surface area contributed by atoms with Gasteiger partial charge in [-0.25, -0.2) is 22.4 Å². The summed E-state index contributed by atoms with van der Waals surface area (Å²) in [6.07, 6.45) is -18.1. The quantitative estimate of drug-likeness (QED) is 0.445. The number of carbonyl (C=O) groups is 1. The molecule has 3 aliphatic rings. The minimum atomic E-state index is -5.14. The summed E-state index contributed by atoms with van der Waals surface area (Å²) in [4.78, 5) is 12.7. The predicted molar refractivity (Wildman–Crippen MR) is 103 cm³/mol. The van der Waals surface area contributed by atoms with E-state index in [-0.39, 0.29) is 18.8 Å². The fraction of sp³-hybridized carbons (Fsp3) is 0.545. The number of alkyl halides is 7. The summed E-state index contributed by atoms with van der Waals surface area (Å²) >= 11 is 0. The minimum absolute atomic E-state index is 0.0110. The summed E-state index contributed by atoms with van der Waals surface area (Å²) in [6, 6.07) is 5.90. The van der Waals surface area contributed by atoms with Crippen molar-refractivity contribution in [2.45, 2.75) is 61.6 Å². The maximum atomic E-state index is 15.8. The molecular formula is C22H19F7N2O4. The number of aromatic nitrogens is 2. The zero-order chi connectivity index (χ0) is 25.1. The lowest BCUT2D eigenvalue weighted by Crippen LogP contribution is -2.40. The number of halogens is 7. The number of ether oxygens (including phenoxy) is 3. The summed E-state index contributed by atoms with van der Waals surface area (Å²) in [5.74, 6) is -3.64. The number of hydrogen-bond donors (Lipinski definition) is 0. The fourth-order valence-electron chi connectivity index (χ4n) is 4.92. The van der Waals surface area contributed by atoms with Gasteiger partial charge >= 0.3 is 12.1 Å². The van der Waals surface area contributed by atoms with Gasteiger partial charge < -0.3 is 14.2 Å². The van der Waals surface area contributed by atoms with E-state index in [4.69, 9.17) is 14.2 Å². The second kappa shape index (κ2) is 8.47. The molecule has 1 aromatic heterocycles. The lowest BCUT2D eigenvalue weighted by molar-refractivity contribution is -0.222. The van der Waals surface area contributed by atoms with Crippen molar-refractivity contribution in [3.8, 4) is 0 Å². The van der Waals surface area contributed by atoms with E-state index in [9.17, 15) is 31.1 Å². The highest BCUT2D eigenvalue weighted by molar-refractivity contribution is 5.89. The smallest absolute Gasteiger partial charge is 0.435 e. The maximum Gasteiger partial charge on any atom is 0.435 e.